The summed E-state index contributed by atoms with van der Waals surface area (Å²) in [6, 6.07) is 0. The van der Waals surface area contributed by atoms with Crippen LogP contribution in [0.3, 0.4) is 0 Å². The van der Waals surface area contributed by atoms with E-state index in [0.29, 0.717) is 18.5 Å². The SMILES string of the molecule is CCn1cc(C(=O)NC(C)(CC)C(=O)O)cn1. The largest absolute Gasteiger partial charge is 0.480 e. The minimum absolute atomic E-state index is 0.315. The molecule has 0 fully saturated rings. The van der Waals surface area contributed by atoms with Crippen molar-refractivity contribution in [2.24, 2.45) is 0 Å². The molecule has 0 bridgehead atoms. The molecular weight excluding hydrogens is 222 g/mol. The highest BCUT2D eigenvalue weighted by molar-refractivity contribution is 5.97. The second kappa shape index (κ2) is 4.99. The van der Waals surface area contributed by atoms with Gasteiger partial charge < -0.3 is 10.4 Å². The average Bonchev–Trinajstić information content (AvgIpc) is 2.77. The first kappa shape index (κ1) is 13.2. The summed E-state index contributed by atoms with van der Waals surface area (Å²) in [6.45, 7) is 5.76. The van der Waals surface area contributed by atoms with E-state index in [1.54, 1.807) is 17.8 Å². The average molecular weight is 239 g/mol. The number of nitrogens with one attached hydrogen (secondary N) is 1. The molecule has 0 aliphatic carbocycles. The highest BCUT2D eigenvalue weighted by atomic mass is 16.4. The van der Waals surface area contributed by atoms with E-state index < -0.39 is 17.4 Å². The third-order valence-electron chi connectivity index (χ3n) is 2.79. The number of aliphatic carboxylic acids is 1. The van der Waals surface area contributed by atoms with Crippen molar-refractivity contribution in [1.82, 2.24) is 15.1 Å². The molecular formula is C11H17N3O3. The molecule has 0 spiro atoms. The molecule has 1 aromatic rings. The molecule has 1 atom stereocenters. The lowest BCUT2D eigenvalue weighted by molar-refractivity contribution is -0.143. The van der Waals surface area contributed by atoms with Crippen molar-refractivity contribution < 1.29 is 14.7 Å². The van der Waals surface area contributed by atoms with Gasteiger partial charge in [0.25, 0.3) is 5.91 Å². The van der Waals surface area contributed by atoms with Gasteiger partial charge in [0.05, 0.1) is 11.8 Å². The Labute approximate surface area is 99.6 Å². The second-order valence-corrected chi connectivity index (χ2v) is 4.03. The van der Waals surface area contributed by atoms with Crippen LogP contribution in [0.2, 0.25) is 0 Å². The fourth-order valence-corrected chi connectivity index (χ4v) is 1.27. The van der Waals surface area contributed by atoms with Crippen LogP contribution >= 0.6 is 0 Å². The van der Waals surface area contributed by atoms with Crippen molar-refractivity contribution in [2.45, 2.75) is 39.3 Å². The maximum atomic E-state index is 11.8. The van der Waals surface area contributed by atoms with Gasteiger partial charge >= 0.3 is 5.97 Å². The van der Waals surface area contributed by atoms with Crippen LogP contribution in [0.1, 0.15) is 37.6 Å². The van der Waals surface area contributed by atoms with Crippen molar-refractivity contribution in [3.63, 3.8) is 0 Å². The maximum Gasteiger partial charge on any atom is 0.329 e. The van der Waals surface area contributed by atoms with E-state index in [4.69, 9.17) is 5.11 Å². The van der Waals surface area contributed by atoms with Crippen molar-refractivity contribution >= 4 is 11.9 Å². The molecule has 6 nitrogen and oxygen atoms in total. The molecule has 1 unspecified atom stereocenters. The molecule has 17 heavy (non-hydrogen) atoms. The molecule has 0 saturated heterocycles. The van der Waals surface area contributed by atoms with Crippen LogP contribution in [0.4, 0.5) is 0 Å². The van der Waals surface area contributed by atoms with Crippen LogP contribution in [0.25, 0.3) is 0 Å². The van der Waals surface area contributed by atoms with Gasteiger partial charge in [0, 0.05) is 12.7 Å². The summed E-state index contributed by atoms with van der Waals surface area (Å²) in [5.41, 5.74) is -0.876. The Morgan fingerprint density at radius 2 is 2.18 bits per heavy atom. The van der Waals surface area contributed by atoms with Gasteiger partial charge in [0.2, 0.25) is 0 Å². The Morgan fingerprint density at radius 1 is 1.53 bits per heavy atom. The lowest BCUT2D eigenvalue weighted by atomic mass is 9.99. The van der Waals surface area contributed by atoms with E-state index in [9.17, 15) is 9.59 Å². The number of amides is 1. The molecule has 0 radical (unpaired) electrons. The third-order valence-corrected chi connectivity index (χ3v) is 2.79. The third kappa shape index (κ3) is 2.83. The number of aryl methyl sites for hydroxylation is 1. The fraction of sp³-hybridized carbons (Fsp3) is 0.545. The van der Waals surface area contributed by atoms with Crippen molar-refractivity contribution in [3.05, 3.63) is 18.0 Å². The molecule has 1 heterocycles. The number of carbonyl (C=O) groups is 2. The van der Waals surface area contributed by atoms with Crippen LogP contribution in [0.15, 0.2) is 12.4 Å². The molecule has 94 valence electrons. The Balaban J connectivity index is 2.81. The van der Waals surface area contributed by atoms with Gasteiger partial charge in [0.1, 0.15) is 5.54 Å². The van der Waals surface area contributed by atoms with Crippen LogP contribution in [-0.2, 0) is 11.3 Å². The molecule has 1 amide bonds. The number of nitrogens with zero attached hydrogens (tertiary/aromatic N) is 2. The van der Waals surface area contributed by atoms with Crippen LogP contribution < -0.4 is 5.32 Å². The van der Waals surface area contributed by atoms with Gasteiger partial charge in [-0.2, -0.15) is 5.10 Å². The Kier molecular flexibility index (Phi) is 3.88. The lowest BCUT2D eigenvalue weighted by Crippen LogP contribution is -2.51. The summed E-state index contributed by atoms with van der Waals surface area (Å²) in [7, 11) is 0. The molecule has 0 aliphatic heterocycles. The van der Waals surface area contributed by atoms with Crippen molar-refractivity contribution in [2.75, 3.05) is 0 Å². The highest BCUT2D eigenvalue weighted by Crippen LogP contribution is 2.11. The molecule has 0 aliphatic rings. The fourth-order valence-electron chi connectivity index (χ4n) is 1.27. The minimum Gasteiger partial charge on any atom is -0.480 e. The van der Waals surface area contributed by atoms with E-state index in [0.717, 1.165) is 0 Å². The lowest BCUT2D eigenvalue weighted by Gasteiger charge is -2.24. The first-order valence-corrected chi connectivity index (χ1v) is 5.51. The van der Waals surface area contributed by atoms with Crippen LogP contribution in [-0.4, -0.2) is 32.3 Å². The summed E-state index contributed by atoms with van der Waals surface area (Å²) >= 11 is 0. The van der Waals surface area contributed by atoms with Gasteiger partial charge in [-0.3, -0.25) is 9.48 Å². The molecule has 1 aromatic heterocycles. The number of hydrogen-bond acceptors (Lipinski definition) is 3. The number of aromatic nitrogens is 2. The first-order valence-electron chi connectivity index (χ1n) is 5.51. The smallest absolute Gasteiger partial charge is 0.329 e. The molecule has 0 aromatic carbocycles. The van der Waals surface area contributed by atoms with Gasteiger partial charge in [0.15, 0.2) is 0 Å². The number of hydrogen-bond donors (Lipinski definition) is 2. The number of carboxylic acids is 1. The summed E-state index contributed by atoms with van der Waals surface area (Å²) < 4.78 is 1.61. The molecule has 2 N–H and O–H groups in total. The Morgan fingerprint density at radius 3 is 2.59 bits per heavy atom. The topological polar surface area (TPSA) is 84.2 Å². The van der Waals surface area contributed by atoms with E-state index >= 15 is 0 Å². The van der Waals surface area contributed by atoms with Gasteiger partial charge in [-0.05, 0) is 20.3 Å². The molecule has 6 heteroatoms. The van der Waals surface area contributed by atoms with Crippen molar-refractivity contribution in [1.29, 1.82) is 0 Å². The van der Waals surface area contributed by atoms with Crippen molar-refractivity contribution in [3.8, 4) is 0 Å². The quantitative estimate of drug-likeness (QED) is 0.799. The summed E-state index contributed by atoms with van der Waals surface area (Å²) in [4.78, 5) is 22.9. The summed E-state index contributed by atoms with van der Waals surface area (Å²) in [5, 5.41) is 15.5. The summed E-state index contributed by atoms with van der Waals surface area (Å²) in [5.74, 6) is -1.47. The number of rotatable bonds is 5. The zero-order chi connectivity index (χ0) is 13.1. The van der Waals surface area contributed by atoms with Gasteiger partial charge in [-0.1, -0.05) is 6.92 Å². The predicted molar refractivity (Wildman–Crippen MR) is 61.7 cm³/mol. The van der Waals surface area contributed by atoms with Gasteiger partial charge in [-0.15, -0.1) is 0 Å². The van der Waals surface area contributed by atoms with Crippen LogP contribution in [0.5, 0.6) is 0 Å². The molecule has 0 saturated carbocycles. The monoisotopic (exact) mass is 239 g/mol. The van der Waals surface area contributed by atoms with Crippen LogP contribution in [0, 0.1) is 0 Å². The van der Waals surface area contributed by atoms with E-state index in [1.807, 2.05) is 6.92 Å². The zero-order valence-electron chi connectivity index (χ0n) is 10.2. The minimum atomic E-state index is -1.24. The normalized spacial score (nSPS) is 14.1. The number of carbonyl (C=O) groups excluding carboxylic acids is 1. The zero-order valence-corrected chi connectivity index (χ0v) is 10.2. The predicted octanol–water partition coefficient (Wildman–Crippen LogP) is 0.886. The standard InChI is InChI=1S/C11H17N3O3/c1-4-11(3,10(16)17)13-9(15)8-6-12-14(5-2)7-8/h6-7H,4-5H2,1-3H3,(H,13,15)(H,16,17). The van der Waals surface area contributed by atoms with Gasteiger partial charge in [-0.25, -0.2) is 4.79 Å². The van der Waals surface area contributed by atoms with E-state index in [2.05, 4.69) is 10.4 Å². The van der Waals surface area contributed by atoms with E-state index in [1.165, 1.54) is 13.1 Å². The molecule has 1 rings (SSSR count). The Bertz CT molecular complexity index is 427. The number of carboxylic acid groups (broad SMARTS) is 1. The summed E-state index contributed by atoms with van der Waals surface area (Å²) in [6.07, 6.45) is 3.33. The maximum absolute atomic E-state index is 11.8. The Hall–Kier alpha value is -1.85. The van der Waals surface area contributed by atoms with E-state index in [-0.39, 0.29) is 0 Å². The first-order chi connectivity index (χ1) is 7.92. The second-order valence-electron chi connectivity index (χ2n) is 4.03. The highest BCUT2D eigenvalue weighted by Gasteiger charge is 2.33.